The third-order valence-corrected chi connectivity index (χ3v) is 5.68. The predicted molar refractivity (Wildman–Crippen MR) is 120 cm³/mol. The number of hydrogen-bond donors (Lipinski definition) is 0. The van der Waals surface area contributed by atoms with Crippen LogP contribution in [-0.2, 0) is 9.59 Å². The zero-order chi connectivity index (χ0) is 21.8. The number of benzene rings is 2. The zero-order valence-corrected chi connectivity index (χ0v) is 18.1. The van der Waals surface area contributed by atoms with Crippen molar-refractivity contribution in [2.24, 2.45) is 0 Å². The summed E-state index contributed by atoms with van der Waals surface area (Å²) in [5.41, 5.74) is 2.24. The number of amides is 2. The number of likely N-dealkylation sites (tertiary alicyclic amines) is 1. The highest BCUT2D eigenvalue weighted by Crippen LogP contribution is 2.36. The fourth-order valence-electron chi connectivity index (χ4n) is 4.09. The van der Waals surface area contributed by atoms with Gasteiger partial charge in [0.15, 0.2) is 0 Å². The molecule has 6 heteroatoms. The smallest absolute Gasteiger partial charge is 0.282 e. The molecule has 2 aliphatic rings. The quantitative estimate of drug-likeness (QED) is 0.627. The molecule has 2 aliphatic heterocycles. The Bertz CT molecular complexity index is 974. The van der Waals surface area contributed by atoms with Gasteiger partial charge in [-0.25, -0.2) is 4.90 Å². The molecule has 0 radical (unpaired) electrons. The van der Waals surface area contributed by atoms with Crippen LogP contribution in [-0.4, -0.2) is 43.5 Å². The Morgan fingerprint density at radius 2 is 1.48 bits per heavy atom. The van der Waals surface area contributed by atoms with Gasteiger partial charge in [0.05, 0.1) is 25.0 Å². The van der Waals surface area contributed by atoms with Crippen LogP contribution >= 0.6 is 0 Å². The van der Waals surface area contributed by atoms with Crippen molar-refractivity contribution in [3.05, 3.63) is 59.8 Å². The van der Waals surface area contributed by atoms with E-state index in [1.807, 2.05) is 24.3 Å². The predicted octanol–water partition coefficient (Wildman–Crippen LogP) is 4.25. The van der Waals surface area contributed by atoms with Crippen molar-refractivity contribution in [1.82, 2.24) is 4.90 Å². The molecule has 162 valence electrons. The van der Waals surface area contributed by atoms with Crippen LogP contribution in [0.15, 0.2) is 54.2 Å². The van der Waals surface area contributed by atoms with E-state index in [9.17, 15) is 9.59 Å². The molecule has 0 unspecified atom stereocenters. The summed E-state index contributed by atoms with van der Waals surface area (Å²) in [4.78, 5) is 30.4. The molecule has 2 amide bonds. The van der Waals surface area contributed by atoms with Gasteiger partial charge < -0.3 is 14.4 Å². The maximum atomic E-state index is 13.5. The fraction of sp³-hybridized carbons (Fsp3) is 0.360. The minimum absolute atomic E-state index is 0.265. The summed E-state index contributed by atoms with van der Waals surface area (Å²) in [5.74, 6) is 0.876. The van der Waals surface area contributed by atoms with Crippen molar-refractivity contribution in [3.63, 3.8) is 0 Å². The van der Waals surface area contributed by atoms with E-state index in [2.05, 4.69) is 11.8 Å². The molecular weight excluding hydrogens is 392 g/mol. The Morgan fingerprint density at radius 3 is 2.10 bits per heavy atom. The van der Waals surface area contributed by atoms with Crippen LogP contribution in [0.25, 0.3) is 5.57 Å². The first-order chi connectivity index (χ1) is 15.1. The van der Waals surface area contributed by atoms with E-state index in [0.717, 1.165) is 50.1 Å². The zero-order valence-electron chi connectivity index (χ0n) is 18.1. The molecule has 0 N–H and O–H groups in total. The van der Waals surface area contributed by atoms with Gasteiger partial charge in [0.2, 0.25) is 0 Å². The molecular formula is C25H28N2O4. The van der Waals surface area contributed by atoms with Gasteiger partial charge in [0.1, 0.15) is 17.2 Å². The third-order valence-electron chi connectivity index (χ3n) is 5.68. The Morgan fingerprint density at radius 1 is 0.839 bits per heavy atom. The molecule has 0 aromatic heterocycles. The van der Waals surface area contributed by atoms with Crippen LogP contribution in [0.2, 0.25) is 0 Å². The van der Waals surface area contributed by atoms with Crippen molar-refractivity contribution >= 4 is 23.1 Å². The molecule has 2 aromatic carbocycles. The van der Waals surface area contributed by atoms with Gasteiger partial charge in [0, 0.05) is 13.1 Å². The molecule has 0 spiro atoms. The lowest BCUT2D eigenvalue weighted by molar-refractivity contribution is -0.120. The van der Waals surface area contributed by atoms with Crippen LogP contribution < -0.4 is 14.4 Å². The highest BCUT2D eigenvalue weighted by atomic mass is 16.5. The van der Waals surface area contributed by atoms with Crippen LogP contribution in [0.5, 0.6) is 11.5 Å². The van der Waals surface area contributed by atoms with Gasteiger partial charge in [-0.15, -0.1) is 0 Å². The van der Waals surface area contributed by atoms with Gasteiger partial charge in [-0.3, -0.25) is 9.59 Å². The molecule has 0 aliphatic carbocycles. The SMILES string of the molecule is CCCOc1ccc(C2=C(N3CCCCC3)C(=O)N(c3ccc(OC)cc3)C2=O)cc1. The molecule has 0 saturated carbocycles. The first-order valence-electron chi connectivity index (χ1n) is 10.9. The highest BCUT2D eigenvalue weighted by Gasteiger charge is 2.42. The van der Waals surface area contributed by atoms with E-state index in [-0.39, 0.29) is 11.8 Å². The second-order valence-electron chi connectivity index (χ2n) is 7.79. The van der Waals surface area contributed by atoms with Gasteiger partial charge in [-0.1, -0.05) is 19.1 Å². The number of carbonyl (C=O) groups excluding carboxylic acids is 2. The highest BCUT2D eigenvalue weighted by molar-refractivity contribution is 6.45. The normalized spacial score (nSPS) is 16.8. The van der Waals surface area contributed by atoms with Crippen molar-refractivity contribution in [2.75, 3.05) is 31.7 Å². The maximum absolute atomic E-state index is 13.5. The topological polar surface area (TPSA) is 59.1 Å². The summed E-state index contributed by atoms with van der Waals surface area (Å²) in [5, 5.41) is 0. The van der Waals surface area contributed by atoms with Crippen molar-refractivity contribution < 1.29 is 19.1 Å². The maximum Gasteiger partial charge on any atom is 0.282 e. The Kier molecular flexibility index (Phi) is 6.26. The van der Waals surface area contributed by atoms with Gasteiger partial charge >= 0.3 is 0 Å². The average Bonchev–Trinajstić information content (AvgIpc) is 3.08. The summed E-state index contributed by atoms with van der Waals surface area (Å²) in [6.07, 6.45) is 4.11. The first kappa shape index (κ1) is 21.0. The van der Waals surface area contributed by atoms with E-state index in [1.165, 1.54) is 4.90 Å². The lowest BCUT2D eigenvalue weighted by Crippen LogP contribution is -2.37. The van der Waals surface area contributed by atoms with E-state index in [4.69, 9.17) is 9.47 Å². The van der Waals surface area contributed by atoms with E-state index < -0.39 is 0 Å². The number of methoxy groups -OCH3 is 1. The molecule has 6 nitrogen and oxygen atoms in total. The van der Waals surface area contributed by atoms with E-state index >= 15 is 0 Å². The van der Waals surface area contributed by atoms with Gasteiger partial charge in [0.25, 0.3) is 11.8 Å². The summed E-state index contributed by atoms with van der Waals surface area (Å²) < 4.78 is 10.9. The summed E-state index contributed by atoms with van der Waals surface area (Å²) in [6.45, 7) is 4.27. The fourth-order valence-corrected chi connectivity index (χ4v) is 4.09. The molecule has 4 rings (SSSR count). The van der Waals surface area contributed by atoms with Crippen molar-refractivity contribution in [1.29, 1.82) is 0 Å². The van der Waals surface area contributed by atoms with E-state index in [1.54, 1.807) is 31.4 Å². The number of imide groups is 1. The number of nitrogens with zero attached hydrogens (tertiary/aromatic N) is 2. The Hall–Kier alpha value is -3.28. The second-order valence-corrected chi connectivity index (χ2v) is 7.79. The summed E-state index contributed by atoms with van der Waals surface area (Å²) in [7, 11) is 1.59. The minimum atomic E-state index is -0.294. The van der Waals surface area contributed by atoms with Crippen LogP contribution in [0, 0.1) is 0 Å². The Balaban J connectivity index is 1.72. The monoisotopic (exact) mass is 420 g/mol. The number of ether oxygens (including phenoxy) is 2. The largest absolute Gasteiger partial charge is 0.497 e. The van der Waals surface area contributed by atoms with E-state index in [0.29, 0.717) is 29.3 Å². The number of carbonyl (C=O) groups is 2. The lowest BCUT2D eigenvalue weighted by Gasteiger charge is -2.29. The molecule has 2 heterocycles. The summed E-state index contributed by atoms with van der Waals surface area (Å²) >= 11 is 0. The van der Waals surface area contributed by atoms with Crippen molar-refractivity contribution in [3.8, 4) is 11.5 Å². The molecule has 2 aromatic rings. The second kappa shape index (κ2) is 9.25. The standard InChI is InChI=1S/C25H28N2O4/c1-3-17-31-21-11-7-18(8-12-21)22-23(26-15-5-4-6-16-26)25(29)27(24(22)28)19-9-13-20(30-2)14-10-19/h7-14H,3-6,15-17H2,1-2H3. The van der Waals surface area contributed by atoms with Crippen LogP contribution in [0.1, 0.15) is 38.2 Å². The lowest BCUT2D eigenvalue weighted by atomic mass is 10.0. The molecule has 1 fully saturated rings. The van der Waals surface area contributed by atoms with Crippen LogP contribution in [0.4, 0.5) is 5.69 Å². The number of hydrogen-bond acceptors (Lipinski definition) is 5. The van der Waals surface area contributed by atoms with Gasteiger partial charge in [-0.2, -0.15) is 0 Å². The first-order valence-corrected chi connectivity index (χ1v) is 10.9. The molecule has 31 heavy (non-hydrogen) atoms. The number of piperidine rings is 1. The number of anilines is 1. The van der Waals surface area contributed by atoms with Crippen LogP contribution in [0.3, 0.4) is 0 Å². The van der Waals surface area contributed by atoms with Gasteiger partial charge in [-0.05, 0) is 67.6 Å². The third kappa shape index (κ3) is 4.15. The Labute approximate surface area is 183 Å². The molecule has 0 atom stereocenters. The summed E-state index contributed by atoms with van der Waals surface area (Å²) in [6, 6.07) is 14.5. The molecule has 0 bridgehead atoms. The average molecular weight is 421 g/mol. The number of rotatable bonds is 7. The minimum Gasteiger partial charge on any atom is -0.497 e. The van der Waals surface area contributed by atoms with Crippen molar-refractivity contribution in [2.45, 2.75) is 32.6 Å². The molecule has 1 saturated heterocycles.